The first-order chi connectivity index (χ1) is 11.1. The Morgan fingerprint density at radius 1 is 1.17 bits per heavy atom. The van der Waals surface area contributed by atoms with E-state index in [1.165, 1.54) is 0 Å². The van der Waals surface area contributed by atoms with E-state index in [-0.39, 0.29) is 11.5 Å². The Labute approximate surface area is 131 Å². The van der Waals surface area contributed by atoms with Gasteiger partial charge in [0.05, 0.1) is 22.2 Å². The maximum absolute atomic E-state index is 12.1. The predicted octanol–water partition coefficient (Wildman–Crippen LogP) is 2.14. The summed E-state index contributed by atoms with van der Waals surface area (Å²) < 4.78 is 2.01. The lowest BCUT2D eigenvalue weighted by Crippen LogP contribution is -2.24. The van der Waals surface area contributed by atoms with E-state index in [9.17, 15) is 9.59 Å². The number of rotatable bonds is 2. The van der Waals surface area contributed by atoms with E-state index in [1.54, 1.807) is 30.3 Å². The van der Waals surface area contributed by atoms with Gasteiger partial charge in [-0.3, -0.25) is 4.79 Å². The van der Waals surface area contributed by atoms with Crippen LogP contribution in [-0.2, 0) is 6.54 Å². The number of imidazole rings is 1. The van der Waals surface area contributed by atoms with E-state index in [2.05, 4.69) is 10.3 Å². The molecule has 2 N–H and O–H groups in total. The molecule has 0 bridgehead atoms. The standard InChI is InChI=1S/C17H13N3O3/c21-16-12-2-1-3-13-14(12)20(9-8-18-16)15(19-13)10-4-6-11(7-5-10)17(22)23/h1-7H,8-9H2,(H,18,21)(H,22,23). The zero-order valence-electron chi connectivity index (χ0n) is 12.1. The van der Waals surface area contributed by atoms with Crippen molar-refractivity contribution in [3.63, 3.8) is 0 Å². The van der Waals surface area contributed by atoms with E-state index in [0.717, 1.165) is 22.4 Å². The van der Waals surface area contributed by atoms with Crippen molar-refractivity contribution < 1.29 is 14.7 Å². The fourth-order valence-corrected chi connectivity index (χ4v) is 2.95. The number of amides is 1. The summed E-state index contributed by atoms with van der Waals surface area (Å²) in [6.45, 7) is 1.15. The van der Waals surface area contributed by atoms with E-state index in [4.69, 9.17) is 5.11 Å². The number of aromatic carboxylic acids is 1. The molecule has 0 saturated carbocycles. The smallest absolute Gasteiger partial charge is 0.335 e. The van der Waals surface area contributed by atoms with Gasteiger partial charge in [-0.05, 0) is 24.3 Å². The van der Waals surface area contributed by atoms with Gasteiger partial charge >= 0.3 is 5.97 Å². The topological polar surface area (TPSA) is 84.2 Å². The second-order valence-corrected chi connectivity index (χ2v) is 5.40. The van der Waals surface area contributed by atoms with Crippen LogP contribution in [0.25, 0.3) is 22.4 Å². The first-order valence-corrected chi connectivity index (χ1v) is 7.26. The molecule has 1 amide bonds. The van der Waals surface area contributed by atoms with Crippen LogP contribution in [0.2, 0.25) is 0 Å². The van der Waals surface area contributed by atoms with Gasteiger partial charge in [-0.15, -0.1) is 0 Å². The molecule has 0 spiro atoms. The van der Waals surface area contributed by atoms with Gasteiger partial charge in [-0.25, -0.2) is 9.78 Å². The average Bonchev–Trinajstić information content (AvgIpc) is 2.84. The molecule has 1 aromatic heterocycles. The molecule has 6 heteroatoms. The highest BCUT2D eigenvalue weighted by molar-refractivity contribution is 6.06. The summed E-state index contributed by atoms with van der Waals surface area (Å²) in [5.41, 5.74) is 3.25. The largest absolute Gasteiger partial charge is 0.478 e. The fourth-order valence-electron chi connectivity index (χ4n) is 2.95. The Balaban J connectivity index is 1.94. The van der Waals surface area contributed by atoms with Crippen LogP contribution in [0.1, 0.15) is 20.7 Å². The molecule has 114 valence electrons. The highest BCUT2D eigenvalue weighted by atomic mass is 16.4. The number of benzene rings is 2. The summed E-state index contributed by atoms with van der Waals surface area (Å²) in [5, 5.41) is 11.9. The second kappa shape index (κ2) is 4.95. The molecule has 3 aromatic rings. The number of carbonyl (C=O) groups is 2. The maximum Gasteiger partial charge on any atom is 0.335 e. The molecular formula is C17H13N3O3. The minimum atomic E-state index is -0.958. The number of nitrogens with one attached hydrogen (secondary N) is 1. The lowest BCUT2D eigenvalue weighted by molar-refractivity contribution is 0.0696. The third kappa shape index (κ3) is 2.07. The molecule has 1 aliphatic rings. The molecule has 6 nitrogen and oxygen atoms in total. The molecule has 4 rings (SSSR count). The minimum Gasteiger partial charge on any atom is -0.478 e. The second-order valence-electron chi connectivity index (χ2n) is 5.40. The zero-order chi connectivity index (χ0) is 16.0. The molecule has 0 fully saturated rings. The lowest BCUT2D eigenvalue weighted by Gasteiger charge is -2.07. The Hall–Kier alpha value is -3.15. The van der Waals surface area contributed by atoms with Crippen molar-refractivity contribution >= 4 is 22.9 Å². The molecule has 0 radical (unpaired) electrons. The Kier molecular flexibility index (Phi) is 2.90. The summed E-state index contributed by atoms with van der Waals surface area (Å²) in [6, 6.07) is 12.1. The van der Waals surface area contributed by atoms with Gasteiger partial charge in [0.15, 0.2) is 0 Å². The molecule has 0 atom stereocenters. The highest BCUT2D eigenvalue weighted by Gasteiger charge is 2.21. The number of hydrogen-bond acceptors (Lipinski definition) is 3. The van der Waals surface area contributed by atoms with E-state index in [0.29, 0.717) is 18.7 Å². The van der Waals surface area contributed by atoms with Crippen LogP contribution in [0.5, 0.6) is 0 Å². The summed E-state index contributed by atoms with van der Waals surface area (Å²) >= 11 is 0. The Morgan fingerprint density at radius 3 is 2.70 bits per heavy atom. The van der Waals surface area contributed by atoms with Crippen molar-refractivity contribution in [3.8, 4) is 11.4 Å². The van der Waals surface area contributed by atoms with E-state index >= 15 is 0 Å². The van der Waals surface area contributed by atoms with Crippen LogP contribution in [-0.4, -0.2) is 33.1 Å². The van der Waals surface area contributed by atoms with Gasteiger partial charge in [-0.2, -0.15) is 0 Å². The number of carboxylic acids is 1. The summed E-state index contributed by atoms with van der Waals surface area (Å²) in [6.07, 6.45) is 0. The molecule has 2 aromatic carbocycles. The molecule has 23 heavy (non-hydrogen) atoms. The van der Waals surface area contributed by atoms with Crippen molar-refractivity contribution in [2.45, 2.75) is 6.54 Å². The van der Waals surface area contributed by atoms with Crippen LogP contribution in [0.15, 0.2) is 42.5 Å². The first-order valence-electron chi connectivity index (χ1n) is 7.26. The number of carbonyl (C=O) groups excluding carboxylic acids is 1. The summed E-state index contributed by atoms with van der Waals surface area (Å²) in [5.74, 6) is -0.317. The van der Waals surface area contributed by atoms with Crippen molar-refractivity contribution in [3.05, 3.63) is 53.6 Å². The highest BCUT2D eigenvalue weighted by Crippen LogP contribution is 2.28. The van der Waals surface area contributed by atoms with Crippen LogP contribution in [0.4, 0.5) is 0 Å². The first kappa shape index (κ1) is 13.5. The van der Waals surface area contributed by atoms with Crippen molar-refractivity contribution in [1.29, 1.82) is 0 Å². The monoisotopic (exact) mass is 307 g/mol. The minimum absolute atomic E-state index is 0.0953. The normalized spacial score (nSPS) is 13.7. The summed E-state index contributed by atoms with van der Waals surface area (Å²) in [4.78, 5) is 27.8. The van der Waals surface area contributed by atoms with Crippen molar-refractivity contribution in [1.82, 2.24) is 14.9 Å². The number of para-hydroxylation sites is 1. The van der Waals surface area contributed by atoms with Crippen LogP contribution in [0.3, 0.4) is 0 Å². The number of hydrogen-bond donors (Lipinski definition) is 2. The molecule has 0 unspecified atom stereocenters. The maximum atomic E-state index is 12.1. The third-order valence-corrected chi connectivity index (χ3v) is 4.02. The van der Waals surface area contributed by atoms with Gasteiger partial charge in [0.1, 0.15) is 5.82 Å². The van der Waals surface area contributed by atoms with Gasteiger partial charge in [0, 0.05) is 18.7 Å². The Morgan fingerprint density at radius 2 is 1.96 bits per heavy atom. The van der Waals surface area contributed by atoms with E-state index in [1.807, 2.05) is 16.7 Å². The average molecular weight is 307 g/mol. The predicted molar refractivity (Wildman–Crippen MR) is 84.5 cm³/mol. The number of nitrogens with zero attached hydrogens (tertiary/aromatic N) is 2. The van der Waals surface area contributed by atoms with Crippen molar-refractivity contribution in [2.75, 3.05) is 6.54 Å². The van der Waals surface area contributed by atoms with Crippen LogP contribution < -0.4 is 5.32 Å². The van der Waals surface area contributed by atoms with Gasteiger partial charge in [-0.1, -0.05) is 18.2 Å². The Bertz CT molecular complexity index is 942. The SMILES string of the molecule is O=C(O)c1ccc(-c2nc3cccc4c3n2CCNC4=O)cc1. The molecular weight excluding hydrogens is 294 g/mol. The van der Waals surface area contributed by atoms with Gasteiger partial charge in [0.25, 0.3) is 5.91 Å². The number of aromatic nitrogens is 2. The molecule has 2 heterocycles. The molecule has 1 aliphatic heterocycles. The van der Waals surface area contributed by atoms with E-state index < -0.39 is 5.97 Å². The fraction of sp³-hybridized carbons (Fsp3) is 0.118. The van der Waals surface area contributed by atoms with Gasteiger partial charge in [0.2, 0.25) is 0 Å². The zero-order valence-corrected chi connectivity index (χ0v) is 12.1. The van der Waals surface area contributed by atoms with Crippen molar-refractivity contribution in [2.24, 2.45) is 0 Å². The number of carboxylic acid groups (broad SMARTS) is 1. The molecule has 0 saturated heterocycles. The van der Waals surface area contributed by atoms with Crippen LogP contribution in [0, 0.1) is 0 Å². The van der Waals surface area contributed by atoms with Crippen LogP contribution >= 0.6 is 0 Å². The lowest BCUT2D eigenvalue weighted by atomic mass is 10.1. The molecule has 0 aliphatic carbocycles. The quantitative estimate of drug-likeness (QED) is 0.759. The summed E-state index contributed by atoms with van der Waals surface area (Å²) in [7, 11) is 0. The van der Waals surface area contributed by atoms with Gasteiger partial charge < -0.3 is 15.0 Å². The third-order valence-electron chi connectivity index (χ3n) is 4.02.